The van der Waals surface area contributed by atoms with Crippen molar-refractivity contribution >= 4 is 5.91 Å². The van der Waals surface area contributed by atoms with Crippen LogP contribution in [0.5, 0.6) is 0 Å². The first-order valence-electron chi connectivity index (χ1n) is 6.63. The Balaban J connectivity index is 0.000000606. The fraction of sp³-hybridized carbons (Fsp3) is 0.923. The fourth-order valence-corrected chi connectivity index (χ4v) is 2.69. The molecule has 0 aromatic heterocycles. The Morgan fingerprint density at radius 1 is 1.25 bits per heavy atom. The monoisotopic (exact) mass is 226 g/mol. The van der Waals surface area contributed by atoms with E-state index in [0.29, 0.717) is 17.4 Å². The largest absolute Gasteiger partial charge is 0.340 e. The molecule has 1 amide bonds. The molecule has 0 radical (unpaired) electrons. The summed E-state index contributed by atoms with van der Waals surface area (Å²) < 4.78 is 0. The summed E-state index contributed by atoms with van der Waals surface area (Å²) in [6.45, 7) is 11.4. The Morgan fingerprint density at radius 3 is 2.25 bits per heavy atom. The van der Waals surface area contributed by atoms with Crippen LogP contribution in [0.25, 0.3) is 0 Å². The van der Waals surface area contributed by atoms with Gasteiger partial charge in [-0.25, -0.2) is 0 Å². The number of piperidine rings is 1. The van der Waals surface area contributed by atoms with Crippen LogP contribution in [0, 0.1) is 5.41 Å². The smallest absolute Gasteiger partial charge is 0.223 e. The van der Waals surface area contributed by atoms with Crippen LogP contribution in [0.15, 0.2) is 0 Å². The highest BCUT2D eigenvalue weighted by Crippen LogP contribution is 2.39. The maximum atomic E-state index is 11.8. The second kappa shape index (κ2) is 5.67. The third-order valence-electron chi connectivity index (χ3n) is 3.64. The van der Waals surface area contributed by atoms with E-state index >= 15 is 0 Å². The maximum Gasteiger partial charge on any atom is 0.223 e. The van der Waals surface area contributed by atoms with E-state index in [1.54, 1.807) is 0 Å². The van der Waals surface area contributed by atoms with Crippen LogP contribution < -0.4 is 5.32 Å². The van der Waals surface area contributed by atoms with Gasteiger partial charge in [0.1, 0.15) is 0 Å². The molecule has 2 heterocycles. The minimum absolute atomic E-state index is 0.312. The molecule has 0 saturated carbocycles. The molecule has 1 N–H and O–H groups in total. The molecule has 3 heteroatoms. The van der Waals surface area contributed by atoms with Crippen LogP contribution in [-0.4, -0.2) is 36.5 Å². The molecule has 0 unspecified atom stereocenters. The van der Waals surface area contributed by atoms with E-state index in [4.69, 9.17) is 0 Å². The molecule has 2 fully saturated rings. The van der Waals surface area contributed by atoms with Crippen molar-refractivity contribution in [3.8, 4) is 0 Å². The number of nitrogens with zero attached hydrogens (tertiary/aromatic N) is 1. The SMILES string of the molecule is CC.CC(C)N1CC2(CCNCC2)CC1=O. The standard InChI is InChI=1S/C11H20N2O.C2H6/c1-9(2)13-8-11(7-10(13)14)3-5-12-6-4-11;1-2/h9,12H,3-8H2,1-2H3;1-2H3. The lowest BCUT2D eigenvalue weighted by molar-refractivity contribution is -0.129. The second-order valence-corrected chi connectivity index (χ2v) is 5.04. The topological polar surface area (TPSA) is 32.3 Å². The third-order valence-corrected chi connectivity index (χ3v) is 3.64. The summed E-state index contributed by atoms with van der Waals surface area (Å²) in [5.41, 5.74) is 0.312. The Morgan fingerprint density at radius 2 is 1.81 bits per heavy atom. The molecule has 16 heavy (non-hydrogen) atoms. The molecular weight excluding hydrogens is 200 g/mol. The lowest BCUT2D eigenvalue weighted by atomic mass is 9.78. The molecule has 94 valence electrons. The summed E-state index contributed by atoms with van der Waals surface area (Å²) in [6, 6.07) is 0.372. The van der Waals surface area contributed by atoms with Crippen molar-refractivity contribution in [1.82, 2.24) is 10.2 Å². The van der Waals surface area contributed by atoms with E-state index in [1.165, 1.54) is 12.8 Å². The van der Waals surface area contributed by atoms with Gasteiger partial charge in [0, 0.05) is 19.0 Å². The summed E-state index contributed by atoms with van der Waals surface area (Å²) >= 11 is 0. The highest BCUT2D eigenvalue weighted by molar-refractivity contribution is 5.79. The first kappa shape index (κ1) is 13.5. The molecular formula is C13H26N2O. The molecule has 3 nitrogen and oxygen atoms in total. The number of likely N-dealkylation sites (tertiary alicyclic amines) is 1. The molecule has 1 spiro atoms. The first-order chi connectivity index (χ1) is 7.63. The average Bonchev–Trinajstić information content (AvgIpc) is 2.59. The normalized spacial score (nSPS) is 23.6. The third kappa shape index (κ3) is 2.76. The minimum atomic E-state index is 0.312. The number of carbonyl (C=O) groups excluding carboxylic acids is 1. The van der Waals surface area contributed by atoms with Gasteiger partial charge in [0.25, 0.3) is 0 Å². The first-order valence-corrected chi connectivity index (χ1v) is 6.63. The van der Waals surface area contributed by atoms with E-state index in [-0.39, 0.29) is 0 Å². The van der Waals surface area contributed by atoms with Crippen molar-refractivity contribution in [3.63, 3.8) is 0 Å². The van der Waals surface area contributed by atoms with E-state index < -0.39 is 0 Å². The number of nitrogens with one attached hydrogen (secondary N) is 1. The lowest BCUT2D eigenvalue weighted by Gasteiger charge is -2.33. The highest BCUT2D eigenvalue weighted by Gasteiger charge is 2.44. The minimum Gasteiger partial charge on any atom is -0.340 e. The van der Waals surface area contributed by atoms with Gasteiger partial charge in [-0.1, -0.05) is 13.8 Å². The molecule has 2 saturated heterocycles. The zero-order valence-corrected chi connectivity index (χ0v) is 11.2. The average molecular weight is 226 g/mol. The number of hydrogen-bond acceptors (Lipinski definition) is 2. The van der Waals surface area contributed by atoms with Gasteiger partial charge >= 0.3 is 0 Å². The lowest BCUT2D eigenvalue weighted by Crippen LogP contribution is -2.40. The molecule has 0 atom stereocenters. The van der Waals surface area contributed by atoms with Gasteiger partial charge in [0.05, 0.1) is 0 Å². The highest BCUT2D eigenvalue weighted by atomic mass is 16.2. The van der Waals surface area contributed by atoms with Crippen LogP contribution >= 0.6 is 0 Å². The second-order valence-electron chi connectivity index (χ2n) is 5.04. The van der Waals surface area contributed by atoms with E-state index in [0.717, 1.165) is 26.1 Å². The van der Waals surface area contributed by atoms with Crippen molar-refractivity contribution in [2.24, 2.45) is 5.41 Å². The Bertz CT molecular complexity index is 232. The van der Waals surface area contributed by atoms with E-state index in [1.807, 2.05) is 18.7 Å². The Labute approximate surface area is 99.6 Å². The maximum absolute atomic E-state index is 11.8. The Hall–Kier alpha value is -0.570. The van der Waals surface area contributed by atoms with Gasteiger partial charge < -0.3 is 10.2 Å². The van der Waals surface area contributed by atoms with Crippen LogP contribution in [0.2, 0.25) is 0 Å². The molecule has 0 aromatic carbocycles. The molecule has 2 aliphatic heterocycles. The van der Waals surface area contributed by atoms with Gasteiger partial charge in [0.2, 0.25) is 5.91 Å². The molecule has 0 aliphatic carbocycles. The Kier molecular flexibility index (Phi) is 4.78. The summed E-state index contributed by atoms with van der Waals surface area (Å²) in [4.78, 5) is 13.8. The van der Waals surface area contributed by atoms with Gasteiger partial charge in [-0.2, -0.15) is 0 Å². The fourth-order valence-electron chi connectivity index (χ4n) is 2.69. The summed E-state index contributed by atoms with van der Waals surface area (Å²) in [5, 5.41) is 3.36. The van der Waals surface area contributed by atoms with E-state index in [2.05, 4.69) is 19.2 Å². The van der Waals surface area contributed by atoms with Crippen LogP contribution in [0.4, 0.5) is 0 Å². The predicted octanol–water partition coefficient (Wildman–Crippen LogP) is 2.02. The molecule has 0 aromatic rings. The predicted molar refractivity (Wildman–Crippen MR) is 67.4 cm³/mol. The molecule has 2 aliphatic rings. The summed E-state index contributed by atoms with van der Waals surface area (Å²) in [6.07, 6.45) is 3.12. The van der Waals surface area contributed by atoms with E-state index in [9.17, 15) is 4.79 Å². The number of carbonyl (C=O) groups is 1. The van der Waals surface area contributed by atoms with Crippen molar-refractivity contribution in [1.29, 1.82) is 0 Å². The van der Waals surface area contributed by atoms with Crippen molar-refractivity contribution in [3.05, 3.63) is 0 Å². The van der Waals surface area contributed by atoms with Gasteiger partial charge in [-0.3, -0.25) is 4.79 Å². The zero-order valence-electron chi connectivity index (χ0n) is 11.2. The zero-order chi connectivity index (χ0) is 12.2. The molecule has 2 rings (SSSR count). The number of amides is 1. The van der Waals surface area contributed by atoms with Crippen molar-refractivity contribution in [2.75, 3.05) is 19.6 Å². The van der Waals surface area contributed by atoms with Crippen LogP contribution in [-0.2, 0) is 4.79 Å². The molecule has 0 bridgehead atoms. The summed E-state index contributed by atoms with van der Waals surface area (Å²) in [5.74, 6) is 0.363. The van der Waals surface area contributed by atoms with Crippen LogP contribution in [0.1, 0.15) is 47.0 Å². The van der Waals surface area contributed by atoms with Crippen LogP contribution in [0.3, 0.4) is 0 Å². The van der Waals surface area contributed by atoms with Crippen molar-refractivity contribution < 1.29 is 4.79 Å². The van der Waals surface area contributed by atoms with Gasteiger partial charge in [0.15, 0.2) is 0 Å². The quantitative estimate of drug-likeness (QED) is 0.742. The van der Waals surface area contributed by atoms with Gasteiger partial charge in [-0.15, -0.1) is 0 Å². The van der Waals surface area contributed by atoms with Crippen molar-refractivity contribution in [2.45, 2.75) is 53.0 Å². The summed E-state index contributed by atoms with van der Waals surface area (Å²) in [7, 11) is 0. The van der Waals surface area contributed by atoms with Gasteiger partial charge in [-0.05, 0) is 45.2 Å². The number of hydrogen-bond donors (Lipinski definition) is 1. The number of rotatable bonds is 1.